The number of thiazole rings is 1. The summed E-state index contributed by atoms with van der Waals surface area (Å²) in [6.07, 6.45) is 4.84. The van der Waals surface area contributed by atoms with Gasteiger partial charge in [0.15, 0.2) is 15.1 Å². The highest BCUT2D eigenvalue weighted by atomic mass is 35.5. The van der Waals surface area contributed by atoms with Crippen LogP contribution in [0.2, 0.25) is 5.15 Å². The first-order chi connectivity index (χ1) is 13.6. The number of halogens is 1. The third kappa shape index (κ3) is 3.70. The van der Waals surface area contributed by atoms with Gasteiger partial charge in [-0.2, -0.15) is 8.42 Å². The Balaban J connectivity index is 1.69. The summed E-state index contributed by atoms with van der Waals surface area (Å²) in [6.45, 7) is 5.29. The van der Waals surface area contributed by atoms with Gasteiger partial charge in [0.25, 0.3) is 10.0 Å². The number of rotatable bonds is 6. The van der Waals surface area contributed by atoms with E-state index in [1.807, 2.05) is 26.2 Å². The Morgan fingerprint density at radius 2 is 2.07 bits per heavy atom. The molecule has 0 fully saturated rings. The molecule has 3 aromatic rings. The van der Waals surface area contributed by atoms with Crippen LogP contribution in [0.3, 0.4) is 0 Å². The Labute approximate surface area is 179 Å². The van der Waals surface area contributed by atoms with E-state index in [1.54, 1.807) is 17.6 Å². The van der Waals surface area contributed by atoms with Gasteiger partial charge >= 0.3 is 0 Å². The molecule has 0 aliphatic heterocycles. The van der Waals surface area contributed by atoms with E-state index in [0.29, 0.717) is 10.6 Å². The average Bonchev–Trinajstić information content (AvgIpc) is 3.23. The van der Waals surface area contributed by atoms with Crippen LogP contribution < -0.4 is 4.72 Å². The van der Waals surface area contributed by atoms with Crippen molar-refractivity contribution < 1.29 is 8.42 Å². The fraction of sp³-hybridized carbons (Fsp3) is 0.350. The summed E-state index contributed by atoms with van der Waals surface area (Å²) in [6, 6.07) is 5.73. The van der Waals surface area contributed by atoms with Crippen LogP contribution in [0.25, 0.3) is 10.5 Å². The van der Waals surface area contributed by atoms with Crippen molar-refractivity contribution in [3.05, 3.63) is 52.1 Å². The second-order valence-electron chi connectivity index (χ2n) is 8.07. The first-order valence-corrected chi connectivity index (χ1v) is 12.0. The summed E-state index contributed by atoms with van der Waals surface area (Å²) in [4.78, 5) is 6.81. The molecule has 2 heterocycles. The summed E-state index contributed by atoms with van der Waals surface area (Å²) in [5.41, 5.74) is 3.97. The zero-order valence-corrected chi connectivity index (χ0v) is 19.1. The summed E-state index contributed by atoms with van der Waals surface area (Å²) in [7, 11) is 0.207. The number of nitrogens with one attached hydrogen (secondary N) is 1. The predicted octanol–water partition coefficient (Wildman–Crippen LogP) is 4.48. The Morgan fingerprint density at radius 3 is 2.79 bits per heavy atom. The molecule has 0 bridgehead atoms. The number of allylic oxidation sites excluding steroid dienone is 1. The molecule has 0 radical (unpaired) electrons. The number of hydrogen-bond acceptors (Lipinski definition) is 5. The van der Waals surface area contributed by atoms with Crippen molar-refractivity contribution >= 4 is 49.2 Å². The zero-order chi connectivity index (χ0) is 21.0. The van der Waals surface area contributed by atoms with E-state index in [9.17, 15) is 8.42 Å². The largest absolute Gasteiger partial charge is 0.309 e. The van der Waals surface area contributed by atoms with Gasteiger partial charge in [-0.25, -0.2) is 4.98 Å². The van der Waals surface area contributed by atoms with Crippen molar-refractivity contribution in [1.82, 2.24) is 14.3 Å². The van der Waals surface area contributed by atoms with Gasteiger partial charge in [-0.3, -0.25) is 9.12 Å². The maximum Gasteiger partial charge on any atom is 0.281 e. The van der Waals surface area contributed by atoms with Crippen LogP contribution in [0.15, 0.2) is 40.9 Å². The number of anilines is 1. The molecule has 0 unspecified atom stereocenters. The lowest BCUT2D eigenvalue weighted by molar-refractivity contribution is 0.419. The lowest BCUT2D eigenvalue weighted by atomic mass is 9.87. The second-order valence-corrected chi connectivity index (χ2v) is 10.9. The monoisotopic (exact) mass is 450 g/mol. The molecule has 0 saturated carbocycles. The molecule has 1 aliphatic carbocycles. The molecule has 0 spiro atoms. The number of benzene rings is 1. The number of fused-ring (bicyclic) bond motifs is 2. The molecule has 29 heavy (non-hydrogen) atoms. The molecule has 4 rings (SSSR count). The number of nitrogens with zero attached hydrogens (tertiary/aromatic N) is 3. The number of sulfonamides is 1. The minimum absolute atomic E-state index is 0.0294. The molecular weight excluding hydrogens is 428 g/mol. The van der Waals surface area contributed by atoms with Crippen molar-refractivity contribution in [2.24, 2.45) is 0 Å². The summed E-state index contributed by atoms with van der Waals surface area (Å²) in [5, 5.41) is 1.70. The maximum absolute atomic E-state index is 13.0. The van der Waals surface area contributed by atoms with E-state index in [1.165, 1.54) is 26.9 Å². The van der Waals surface area contributed by atoms with Crippen LogP contribution in [-0.2, 0) is 15.4 Å². The SMILES string of the molecule is CN(C)CCC1=CC(C)(C)c2ccc(NS(=O)(=O)c3c(Cl)nc4sccn34)cc21. The van der Waals surface area contributed by atoms with Crippen LogP contribution in [0.5, 0.6) is 0 Å². The van der Waals surface area contributed by atoms with E-state index in [-0.39, 0.29) is 15.6 Å². The van der Waals surface area contributed by atoms with Crippen molar-refractivity contribution in [3.63, 3.8) is 0 Å². The molecule has 0 saturated heterocycles. The maximum atomic E-state index is 13.0. The minimum Gasteiger partial charge on any atom is -0.309 e. The van der Waals surface area contributed by atoms with Gasteiger partial charge in [-0.05, 0) is 49.3 Å². The number of aromatic nitrogens is 2. The first-order valence-electron chi connectivity index (χ1n) is 9.24. The van der Waals surface area contributed by atoms with Crippen molar-refractivity contribution in [2.45, 2.75) is 30.7 Å². The van der Waals surface area contributed by atoms with Crippen LogP contribution in [0.1, 0.15) is 31.4 Å². The molecule has 0 atom stereocenters. The minimum atomic E-state index is -3.89. The average molecular weight is 451 g/mol. The highest BCUT2D eigenvalue weighted by Crippen LogP contribution is 2.43. The van der Waals surface area contributed by atoms with Gasteiger partial charge in [0.1, 0.15) is 0 Å². The van der Waals surface area contributed by atoms with E-state index in [2.05, 4.69) is 34.5 Å². The second kappa shape index (κ2) is 7.12. The Hall–Kier alpha value is -1.87. The molecule has 9 heteroatoms. The topological polar surface area (TPSA) is 66.7 Å². The van der Waals surface area contributed by atoms with E-state index in [0.717, 1.165) is 18.5 Å². The number of hydrogen-bond donors (Lipinski definition) is 1. The third-order valence-corrected chi connectivity index (χ3v) is 7.64. The van der Waals surface area contributed by atoms with E-state index >= 15 is 0 Å². The third-order valence-electron chi connectivity index (χ3n) is 5.11. The smallest absolute Gasteiger partial charge is 0.281 e. The molecular formula is C20H23ClN4O2S2. The fourth-order valence-corrected chi connectivity index (χ4v) is 6.27. The molecule has 1 aliphatic rings. The van der Waals surface area contributed by atoms with Gasteiger partial charge in [-0.1, -0.05) is 37.6 Å². The predicted molar refractivity (Wildman–Crippen MR) is 120 cm³/mol. The van der Waals surface area contributed by atoms with Gasteiger partial charge < -0.3 is 4.90 Å². The quantitative estimate of drug-likeness (QED) is 0.601. The van der Waals surface area contributed by atoms with Gasteiger partial charge in [0.05, 0.1) is 0 Å². The fourth-order valence-electron chi connectivity index (χ4n) is 3.76. The lowest BCUT2D eigenvalue weighted by Gasteiger charge is -2.18. The van der Waals surface area contributed by atoms with Gasteiger partial charge in [0, 0.05) is 29.2 Å². The molecule has 2 aromatic heterocycles. The van der Waals surface area contributed by atoms with Crippen molar-refractivity contribution in [2.75, 3.05) is 25.4 Å². The Morgan fingerprint density at radius 1 is 1.31 bits per heavy atom. The van der Waals surface area contributed by atoms with Crippen LogP contribution in [0, 0.1) is 0 Å². The van der Waals surface area contributed by atoms with Crippen LogP contribution in [0.4, 0.5) is 5.69 Å². The normalized spacial score (nSPS) is 15.7. The van der Waals surface area contributed by atoms with E-state index < -0.39 is 10.0 Å². The first kappa shape index (κ1) is 20.4. The molecule has 0 amide bonds. The summed E-state index contributed by atoms with van der Waals surface area (Å²) in [5.74, 6) is 0. The number of imidazole rings is 1. The molecule has 1 aromatic carbocycles. The lowest BCUT2D eigenvalue weighted by Crippen LogP contribution is -2.16. The standard InChI is InChI=1S/C20H23ClN4O2S2/c1-20(2)12-13(7-8-24(3)4)15-11-14(5-6-16(15)20)23-29(26,27)18-17(21)22-19-25(18)9-10-28-19/h5-6,9-12,23H,7-8H2,1-4H3. The highest BCUT2D eigenvalue weighted by molar-refractivity contribution is 7.92. The van der Waals surface area contributed by atoms with Crippen LogP contribution in [-0.4, -0.2) is 43.3 Å². The molecule has 6 nitrogen and oxygen atoms in total. The summed E-state index contributed by atoms with van der Waals surface area (Å²) >= 11 is 7.46. The van der Waals surface area contributed by atoms with Crippen molar-refractivity contribution in [1.29, 1.82) is 0 Å². The molecule has 1 N–H and O–H groups in total. The highest BCUT2D eigenvalue weighted by Gasteiger charge is 2.31. The summed E-state index contributed by atoms with van der Waals surface area (Å²) < 4.78 is 30.3. The van der Waals surface area contributed by atoms with Crippen LogP contribution >= 0.6 is 22.9 Å². The Bertz CT molecular complexity index is 1220. The van der Waals surface area contributed by atoms with E-state index in [4.69, 9.17) is 11.6 Å². The zero-order valence-electron chi connectivity index (χ0n) is 16.7. The molecule has 154 valence electrons. The Kier molecular flexibility index (Phi) is 5.01. The van der Waals surface area contributed by atoms with Gasteiger partial charge in [-0.15, -0.1) is 11.3 Å². The van der Waals surface area contributed by atoms with Gasteiger partial charge in [0.2, 0.25) is 0 Å². The van der Waals surface area contributed by atoms with Crippen molar-refractivity contribution in [3.8, 4) is 0 Å².